The molecule has 1 aromatic heterocycles. The van der Waals surface area contributed by atoms with Gasteiger partial charge in [0.05, 0.1) is 13.7 Å². The van der Waals surface area contributed by atoms with Crippen LogP contribution in [-0.4, -0.2) is 102 Å². The molecule has 0 unspecified atom stereocenters. The number of allylic oxidation sites excluding steroid dienone is 1. The minimum absolute atomic E-state index is 0.0172. The molecular formula is C41H51F6N5O9S. The van der Waals surface area contributed by atoms with Crippen molar-refractivity contribution in [3.63, 3.8) is 0 Å². The molecule has 0 spiro atoms. The normalized spacial score (nSPS) is 28.6. The first-order valence-corrected chi connectivity index (χ1v) is 21.8. The number of carbonyl (C=O) groups excluding carboxylic acids is 4. The van der Waals surface area contributed by atoms with Crippen molar-refractivity contribution in [2.75, 3.05) is 20.3 Å². The van der Waals surface area contributed by atoms with Crippen LogP contribution in [0.1, 0.15) is 85.3 Å². The lowest BCUT2D eigenvalue weighted by molar-refractivity contribution is -0.152. The summed E-state index contributed by atoms with van der Waals surface area (Å²) in [5.74, 6) is -8.30. The number of hydrogen-bond acceptors (Lipinski definition) is 10. The van der Waals surface area contributed by atoms with Crippen molar-refractivity contribution in [3.8, 4) is 11.6 Å². The van der Waals surface area contributed by atoms with Gasteiger partial charge in [0.25, 0.3) is 11.8 Å². The van der Waals surface area contributed by atoms with Gasteiger partial charge in [0.1, 0.15) is 46.6 Å². The number of halogens is 6. The standard InChI is InChI=1S/C41H51F6N5O9S/c1-22-9-7-8-10-25-19-40(25,35(55)51-62(57,58)39(21-42)13-14-39)50-32(53)29-18-27(60-33-28-12-11-26(59-6)16-24(28)17-30(48-33)41(45,46)47)20-52(29)34(54)31(23(2)15-22)49-36(56)61-37(3,4)38(5,43)44/h8,10-12,16-17,22-23,25,27,29,31H,7,9,13-15,18-21H2,1-6H3,(H,49,56)(H,50,53)(H,51,55)/b10-8-/t22-,23+,25+,27+,29-,31-,40+/m0/s1. The average molecular weight is 904 g/mol. The lowest BCUT2D eigenvalue weighted by Gasteiger charge is -2.35. The number of alkyl carbamates (subject to hydrolysis) is 1. The van der Waals surface area contributed by atoms with E-state index < -0.39 is 123 Å². The van der Waals surface area contributed by atoms with Crippen LogP contribution in [0.3, 0.4) is 0 Å². The van der Waals surface area contributed by atoms with Gasteiger partial charge in [0.2, 0.25) is 27.7 Å². The highest BCUT2D eigenvalue weighted by molar-refractivity contribution is 7.91. The van der Waals surface area contributed by atoms with Gasteiger partial charge in [0, 0.05) is 24.6 Å². The third-order valence-electron chi connectivity index (χ3n) is 12.5. The summed E-state index contributed by atoms with van der Waals surface area (Å²) in [6.45, 7) is 4.33. The van der Waals surface area contributed by atoms with Gasteiger partial charge in [0.15, 0.2) is 5.60 Å². The zero-order valence-electron chi connectivity index (χ0n) is 35.0. The van der Waals surface area contributed by atoms with Gasteiger partial charge in [-0.3, -0.25) is 19.1 Å². The van der Waals surface area contributed by atoms with E-state index in [1.165, 1.54) is 25.3 Å². The second-order valence-electron chi connectivity index (χ2n) is 17.6. The second-order valence-corrected chi connectivity index (χ2v) is 19.7. The predicted octanol–water partition coefficient (Wildman–Crippen LogP) is 5.97. The highest BCUT2D eigenvalue weighted by Crippen LogP contribution is 2.48. The Morgan fingerprint density at radius 2 is 1.74 bits per heavy atom. The topological polar surface area (TPSA) is 182 Å². The Bertz CT molecular complexity index is 2230. The number of aromatic nitrogens is 1. The van der Waals surface area contributed by atoms with Crippen molar-refractivity contribution < 1.29 is 68.1 Å². The zero-order valence-corrected chi connectivity index (χ0v) is 35.9. The molecule has 3 N–H and O–H groups in total. The molecule has 342 valence electrons. The highest BCUT2D eigenvalue weighted by Gasteiger charge is 2.64. The molecule has 4 aliphatic rings. The molecule has 2 saturated carbocycles. The van der Waals surface area contributed by atoms with E-state index in [4.69, 9.17) is 14.2 Å². The molecule has 4 amide bonds. The summed E-state index contributed by atoms with van der Waals surface area (Å²) < 4.78 is 128. The van der Waals surface area contributed by atoms with Crippen molar-refractivity contribution in [1.82, 2.24) is 25.2 Å². The Morgan fingerprint density at radius 3 is 2.35 bits per heavy atom. The lowest BCUT2D eigenvalue weighted by Crippen LogP contribution is -2.60. The van der Waals surface area contributed by atoms with Crippen LogP contribution in [0.25, 0.3) is 10.8 Å². The van der Waals surface area contributed by atoms with Crippen LogP contribution in [0.15, 0.2) is 36.4 Å². The molecule has 1 saturated heterocycles. The van der Waals surface area contributed by atoms with E-state index in [1.54, 1.807) is 19.1 Å². The van der Waals surface area contributed by atoms with Crippen LogP contribution < -0.4 is 24.8 Å². The van der Waals surface area contributed by atoms with Crippen molar-refractivity contribution in [2.24, 2.45) is 17.8 Å². The van der Waals surface area contributed by atoms with Crippen LogP contribution in [0.5, 0.6) is 11.6 Å². The van der Waals surface area contributed by atoms with E-state index in [-0.39, 0.29) is 41.7 Å². The molecule has 14 nitrogen and oxygen atoms in total. The van der Waals surface area contributed by atoms with Gasteiger partial charge >= 0.3 is 12.3 Å². The largest absolute Gasteiger partial charge is 0.497 e. The molecule has 2 aromatic rings. The number of sulfonamides is 1. The van der Waals surface area contributed by atoms with Crippen LogP contribution in [0.2, 0.25) is 0 Å². The van der Waals surface area contributed by atoms with Gasteiger partial charge in [-0.25, -0.2) is 31.4 Å². The minimum atomic E-state index is -4.92. The Labute approximate surface area is 354 Å². The molecule has 0 radical (unpaired) electrons. The first kappa shape index (κ1) is 46.7. The van der Waals surface area contributed by atoms with Gasteiger partial charge in [-0.05, 0) is 93.9 Å². The second kappa shape index (κ2) is 16.7. The summed E-state index contributed by atoms with van der Waals surface area (Å²) in [5, 5.41) is 5.24. The van der Waals surface area contributed by atoms with E-state index >= 15 is 0 Å². The Hall–Kier alpha value is -4.82. The fourth-order valence-electron chi connectivity index (χ4n) is 7.95. The number of benzene rings is 1. The Balaban J connectivity index is 1.39. The number of ether oxygens (including phenoxy) is 3. The Kier molecular flexibility index (Phi) is 12.6. The number of methoxy groups -OCH3 is 1. The number of hydrogen-bond donors (Lipinski definition) is 3. The van der Waals surface area contributed by atoms with Crippen LogP contribution in [0, 0.1) is 17.8 Å². The van der Waals surface area contributed by atoms with E-state index in [2.05, 4.69) is 15.6 Å². The molecule has 7 atom stereocenters. The first-order chi connectivity index (χ1) is 28.8. The van der Waals surface area contributed by atoms with Gasteiger partial charge < -0.3 is 29.7 Å². The molecule has 62 heavy (non-hydrogen) atoms. The van der Waals surface area contributed by atoms with Gasteiger partial charge in [-0.1, -0.05) is 26.0 Å². The van der Waals surface area contributed by atoms with Crippen molar-refractivity contribution in [2.45, 2.75) is 126 Å². The lowest BCUT2D eigenvalue weighted by atomic mass is 9.88. The molecule has 2 aliphatic carbocycles. The summed E-state index contributed by atoms with van der Waals surface area (Å²) in [7, 11) is -3.20. The molecule has 6 rings (SSSR count). The quantitative estimate of drug-likeness (QED) is 0.190. The summed E-state index contributed by atoms with van der Waals surface area (Å²) in [5.41, 5.74) is -5.50. The summed E-state index contributed by atoms with van der Waals surface area (Å²) >= 11 is 0. The SMILES string of the molecule is COc1ccc2c(O[C@@H]3C[C@H]4C(=O)N[C@]5(C(=O)NS(=O)(=O)C6(CF)CC6)C[C@H]5/C=C\CC[C@H](C)C[C@@H](C)[C@H](NC(=O)OC(C)(C)C(C)(F)F)C(=O)N4C3)nc(C(F)(F)F)cc2c1. The zero-order chi connectivity index (χ0) is 45.8. The number of amides is 4. The van der Waals surface area contributed by atoms with Crippen LogP contribution in [0.4, 0.5) is 31.1 Å². The van der Waals surface area contributed by atoms with E-state index in [0.717, 1.165) is 24.8 Å². The Morgan fingerprint density at radius 1 is 1.05 bits per heavy atom. The van der Waals surface area contributed by atoms with Crippen molar-refractivity contribution in [1.29, 1.82) is 0 Å². The van der Waals surface area contributed by atoms with Crippen LogP contribution >= 0.6 is 0 Å². The minimum Gasteiger partial charge on any atom is -0.497 e. The number of carbonyl (C=O) groups is 4. The number of nitrogens with zero attached hydrogens (tertiary/aromatic N) is 2. The maximum absolute atomic E-state index is 14.8. The fraction of sp³-hybridized carbons (Fsp3) is 0.634. The predicted molar refractivity (Wildman–Crippen MR) is 211 cm³/mol. The number of alkyl halides is 6. The first-order valence-electron chi connectivity index (χ1n) is 20.3. The van der Waals surface area contributed by atoms with Crippen LogP contribution in [-0.2, 0) is 35.3 Å². The number of fused-ring (bicyclic) bond motifs is 3. The molecule has 3 fully saturated rings. The monoisotopic (exact) mass is 903 g/mol. The van der Waals surface area contributed by atoms with E-state index in [9.17, 15) is 53.9 Å². The summed E-state index contributed by atoms with van der Waals surface area (Å²) in [6, 6.07) is 1.97. The van der Waals surface area contributed by atoms with Gasteiger partial charge in [-0.2, -0.15) is 13.2 Å². The number of pyridine rings is 1. The third-order valence-corrected chi connectivity index (χ3v) is 14.6. The molecule has 1 aromatic carbocycles. The third kappa shape index (κ3) is 9.41. The highest BCUT2D eigenvalue weighted by atomic mass is 32.2. The van der Waals surface area contributed by atoms with E-state index in [1.807, 2.05) is 11.6 Å². The molecule has 21 heteroatoms. The fourth-order valence-corrected chi connectivity index (χ4v) is 9.38. The molecule has 3 heterocycles. The maximum atomic E-state index is 14.8. The maximum Gasteiger partial charge on any atom is 0.433 e. The molecule has 2 aliphatic heterocycles. The number of rotatable bonds is 10. The van der Waals surface area contributed by atoms with E-state index in [0.29, 0.717) is 26.2 Å². The van der Waals surface area contributed by atoms with Crippen molar-refractivity contribution >= 4 is 44.6 Å². The summed E-state index contributed by atoms with van der Waals surface area (Å²) in [6.07, 6.45) is -3.28. The van der Waals surface area contributed by atoms with Crippen molar-refractivity contribution in [3.05, 3.63) is 42.1 Å². The van der Waals surface area contributed by atoms with Gasteiger partial charge in [-0.15, -0.1) is 0 Å². The molecule has 0 bridgehead atoms. The molecular weight excluding hydrogens is 853 g/mol. The smallest absolute Gasteiger partial charge is 0.433 e. The number of nitrogens with one attached hydrogen (secondary N) is 3. The average Bonchev–Trinajstić information content (AvgIpc) is 4.08. The summed E-state index contributed by atoms with van der Waals surface area (Å²) in [4.78, 5) is 61.3.